The second kappa shape index (κ2) is 5.40. The van der Waals surface area contributed by atoms with Crippen LogP contribution in [-0.4, -0.2) is 7.11 Å². The van der Waals surface area contributed by atoms with Gasteiger partial charge >= 0.3 is 0 Å². The van der Waals surface area contributed by atoms with Crippen LogP contribution in [0.2, 0.25) is 0 Å². The van der Waals surface area contributed by atoms with Crippen molar-refractivity contribution in [2.45, 2.75) is 6.92 Å². The molecule has 20 heavy (non-hydrogen) atoms. The zero-order chi connectivity index (χ0) is 13.9. The van der Waals surface area contributed by atoms with Gasteiger partial charge in [0.05, 0.1) is 12.5 Å². The van der Waals surface area contributed by atoms with Gasteiger partial charge < -0.3 is 4.74 Å². The van der Waals surface area contributed by atoms with Crippen LogP contribution in [0.1, 0.15) is 16.7 Å². The van der Waals surface area contributed by atoms with Crippen LogP contribution in [0.25, 0.3) is 10.1 Å². The minimum Gasteiger partial charge on any atom is -0.496 e. The maximum atomic E-state index is 5.43. The molecule has 1 nitrogen and oxygen atoms in total. The summed E-state index contributed by atoms with van der Waals surface area (Å²) in [4.78, 5) is 0. The summed E-state index contributed by atoms with van der Waals surface area (Å²) in [7, 11) is 1.70. The van der Waals surface area contributed by atoms with Crippen molar-refractivity contribution in [1.29, 1.82) is 0 Å². The first kappa shape index (κ1) is 12.8. The van der Waals surface area contributed by atoms with Crippen LogP contribution < -0.4 is 4.74 Å². The zero-order valence-corrected chi connectivity index (χ0v) is 12.3. The molecule has 0 aliphatic carbocycles. The van der Waals surface area contributed by atoms with Crippen molar-refractivity contribution >= 4 is 21.4 Å². The van der Waals surface area contributed by atoms with E-state index in [0.29, 0.717) is 0 Å². The van der Waals surface area contributed by atoms with Crippen LogP contribution in [0, 0.1) is 18.8 Å². The molecule has 1 heterocycles. The summed E-state index contributed by atoms with van der Waals surface area (Å²) >= 11 is 1.70. The summed E-state index contributed by atoms with van der Waals surface area (Å²) in [6.07, 6.45) is 0. The predicted octanol–water partition coefficient (Wildman–Crippen LogP) is 4.62. The molecule has 0 fully saturated rings. The molecule has 0 atom stereocenters. The van der Waals surface area contributed by atoms with Gasteiger partial charge in [-0.2, -0.15) is 0 Å². The molecular formula is C18H14OS. The molecule has 3 aromatic rings. The van der Waals surface area contributed by atoms with Crippen molar-refractivity contribution in [3.05, 3.63) is 64.5 Å². The lowest BCUT2D eigenvalue weighted by Gasteiger charge is -2.01. The first-order chi connectivity index (χ1) is 9.78. The summed E-state index contributed by atoms with van der Waals surface area (Å²) in [5, 5.41) is 3.20. The number of benzene rings is 2. The van der Waals surface area contributed by atoms with Gasteiger partial charge in [-0.05, 0) is 31.2 Å². The van der Waals surface area contributed by atoms with E-state index < -0.39 is 0 Å². The fourth-order valence-corrected chi connectivity index (χ4v) is 3.00. The van der Waals surface area contributed by atoms with Crippen molar-refractivity contribution in [2.75, 3.05) is 7.11 Å². The van der Waals surface area contributed by atoms with E-state index in [1.165, 1.54) is 10.3 Å². The Balaban J connectivity index is 2.06. The Kier molecular flexibility index (Phi) is 3.45. The standard InChI is InChI=1S/C18H14OS/c1-13-6-8-14(9-7-13)10-11-15-12-20-17-5-3-4-16(19-2)18(15)17/h3-9,12H,1-2H3. The molecule has 0 aliphatic rings. The molecule has 0 radical (unpaired) electrons. The van der Waals surface area contributed by atoms with Crippen LogP contribution in [0.5, 0.6) is 5.75 Å². The smallest absolute Gasteiger partial charge is 0.128 e. The summed E-state index contributed by atoms with van der Waals surface area (Å²) < 4.78 is 6.64. The third-order valence-corrected chi connectivity index (χ3v) is 4.12. The number of methoxy groups -OCH3 is 1. The van der Waals surface area contributed by atoms with Crippen molar-refractivity contribution < 1.29 is 4.74 Å². The Hall–Kier alpha value is -2.24. The second-order valence-corrected chi connectivity index (χ2v) is 5.51. The fourth-order valence-electron chi connectivity index (χ4n) is 2.09. The molecule has 0 saturated carbocycles. The number of aryl methyl sites for hydroxylation is 1. The maximum Gasteiger partial charge on any atom is 0.128 e. The van der Waals surface area contributed by atoms with Gasteiger partial charge in [0.15, 0.2) is 0 Å². The molecule has 0 amide bonds. The molecule has 0 N–H and O–H groups in total. The van der Waals surface area contributed by atoms with Crippen molar-refractivity contribution in [1.82, 2.24) is 0 Å². The molecule has 1 aromatic heterocycles. The highest BCUT2D eigenvalue weighted by Crippen LogP contribution is 2.33. The molecule has 0 spiro atoms. The van der Waals surface area contributed by atoms with Crippen LogP contribution in [-0.2, 0) is 0 Å². The van der Waals surface area contributed by atoms with Crippen LogP contribution in [0.3, 0.4) is 0 Å². The number of hydrogen-bond donors (Lipinski definition) is 0. The van der Waals surface area contributed by atoms with Gasteiger partial charge in [-0.3, -0.25) is 0 Å². The van der Waals surface area contributed by atoms with Crippen LogP contribution in [0.15, 0.2) is 47.8 Å². The van der Waals surface area contributed by atoms with E-state index in [1.807, 2.05) is 24.3 Å². The molecule has 0 unspecified atom stereocenters. The Morgan fingerprint density at radius 2 is 1.80 bits per heavy atom. The SMILES string of the molecule is COc1cccc2scc(C#Cc3ccc(C)cc3)c12. The van der Waals surface area contributed by atoms with E-state index in [1.54, 1.807) is 18.4 Å². The quantitative estimate of drug-likeness (QED) is 0.590. The first-order valence-electron chi connectivity index (χ1n) is 6.41. The Labute approximate surface area is 122 Å². The third kappa shape index (κ3) is 2.41. The van der Waals surface area contributed by atoms with Crippen molar-refractivity contribution in [3.63, 3.8) is 0 Å². The monoisotopic (exact) mass is 278 g/mol. The Morgan fingerprint density at radius 1 is 1.00 bits per heavy atom. The van der Waals surface area contributed by atoms with Gasteiger partial charge in [-0.1, -0.05) is 35.6 Å². The normalized spacial score (nSPS) is 10.1. The van der Waals surface area contributed by atoms with Crippen LogP contribution >= 0.6 is 11.3 Å². The number of fused-ring (bicyclic) bond motifs is 1. The first-order valence-corrected chi connectivity index (χ1v) is 7.29. The van der Waals surface area contributed by atoms with Gasteiger partial charge in [0, 0.05) is 21.2 Å². The Morgan fingerprint density at radius 3 is 2.55 bits per heavy atom. The van der Waals surface area contributed by atoms with E-state index in [2.05, 4.69) is 42.3 Å². The van der Waals surface area contributed by atoms with Gasteiger partial charge in [0.25, 0.3) is 0 Å². The lowest BCUT2D eigenvalue weighted by atomic mass is 10.1. The number of thiophene rings is 1. The number of hydrogen-bond acceptors (Lipinski definition) is 2. The Bertz CT molecular complexity index is 801. The molecule has 2 heteroatoms. The number of rotatable bonds is 1. The molecule has 0 bridgehead atoms. The van der Waals surface area contributed by atoms with Gasteiger partial charge in [0.2, 0.25) is 0 Å². The molecular weight excluding hydrogens is 264 g/mol. The van der Waals surface area contributed by atoms with E-state index in [9.17, 15) is 0 Å². The molecule has 98 valence electrons. The average molecular weight is 278 g/mol. The summed E-state index contributed by atoms with van der Waals surface area (Å²) in [6.45, 7) is 2.08. The highest BCUT2D eigenvalue weighted by Gasteiger charge is 2.07. The largest absolute Gasteiger partial charge is 0.496 e. The van der Waals surface area contributed by atoms with Gasteiger partial charge in [-0.15, -0.1) is 11.3 Å². The maximum absolute atomic E-state index is 5.43. The molecule has 2 aromatic carbocycles. The van der Waals surface area contributed by atoms with Crippen LogP contribution in [0.4, 0.5) is 0 Å². The van der Waals surface area contributed by atoms with Gasteiger partial charge in [0.1, 0.15) is 5.75 Å². The van der Waals surface area contributed by atoms with Crippen molar-refractivity contribution in [2.24, 2.45) is 0 Å². The lowest BCUT2D eigenvalue weighted by molar-refractivity contribution is 0.420. The minimum atomic E-state index is 0.886. The molecule has 3 rings (SSSR count). The molecule has 0 aliphatic heterocycles. The predicted molar refractivity (Wildman–Crippen MR) is 85.5 cm³/mol. The third-order valence-electron chi connectivity index (χ3n) is 3.17. The molecule has 0 saturated heterocycles. The highest BCUT2D eigenvalue weighted by molar-refractivity contribution is 7.17. The fraction of sp³-hybridized carbons (Fsp3) is 0.111. The zero-order valence-electron chi connectivity index (χ0n) is 11.4. The minimum absolute atomic E-state index is 0.886. The summed E-state index contributed by atoms with van der Waals surface area (Å²) in [5.74, 6) is 7.36. The van der Waals surface area contributed by atoms with E-state index in [4.69, 9.17) is 4.74 Å². The lowest BCUT2D eigenvalue weighted by Crippen LogP contribution is -1.84. The number of ether oxygens (including phenoxy) is 1. The summed E-state index contributed by atoms with van der Waals surface area (Å²) in [5.41, 5.74) is 3.31. The van der Waals surface area contributed by atoms with E-state index in [-0.39, 0.29) is 0 Å². The average Bonchev–Trinajstić information content (AvgIpc) is 2.90. The van der Waals surface area contributed by atoms with E-state index >= 15 is 0 Å². The highest BCUT2D eigenvalue weighted by atomic mass is 32.1. The second-order valence-electron chi connectivity index (χ2n) is 4.60. The van der Waals surface area contributed by atoms with Gasteiger partial charge in [-0.25, -0.2) is 0 Å². The van der Waals surface area contributed by atoms with Crippen molar-refractivity contribution in [3.8, 4) is 17.6 Å². The van der Waals surface area contributed by atoms with E-state index in [0.717, 1.165) is 22.3 Å². The topological polar surface area (TPSA) is 9.23 Å². The summed E-state index contributed by atoms with van der Waals surface area (Å²) in [6, 6.07) is 14.3.